The van der Waals surface area contributed by atoms with E-state index in [9.17, 15) is 17.9 Å². The topological polar surface area (TPSA) is 72.9 Å². The summed E-state index contributed by atoms with van der Waals surface area (Å²) in [7, 11) is 0. The van der Waals surface area contributed by atoms with Crippen LogP contribution in [0.25, 0.3) is 0 Å². The predicted molar refractivity (Wildman–Crippen MR) is 141 cm³/mol. The smallest absolute Gasteiger partial charge is 0.263 e. The molecule has 186 valence electrons. The maximum atomic E-state index is 13.5. The Morgan fingerprint density at radius 3 is 2.82 bits per heavy atom. The Morgan fingerprint density at radius 2 is 2.15 bits per heavy atom. The standard InChI is InChI=1S/C23H28BrClFN3O3S2/c24-18-14-33-23(21(18)25)29(34(31)32)20(12-15-4-2-1-3-5-15)22(30)27-9-11-28-10-8-16-13-17(26)6-7-19(16)28/h6-7,13-15,20H,1-5,8-12H2,(H,27,30)(H,31,32). The first kappa shape index (κ1) is 25.9. The summed E-state index contributed by atoms with van der Waals surface area (Å²) in [5.74, 6) is -0.208. The minimum absolute atomic E-state index is 0.240. The molecular weight excluding hydrogens is 565 g/mol. The molecule has 0 saturated heterocycles. The normalized spacial score (nSPS) is 17.9. The monoisotopic (exact) mass is 591 g/mol. The van der Waals surface area contributed by atoms with Gasteiger partial charge in [-0.15, -0.1) is 11.3 Å². The van der Waals surface area contributed by atoms with E-state index in [4.69, 9.17) is 11.6 Å². The van der Waals surface area contributed by atoms with Crippen LogP contribution < -0.4 is 14.5 Å². The van der Waals surface area contributed by atoms with Gasteiger partial charge in [-0.3, -0.25) is 9.35 Å². The van der Waals surface area contributed by atoms with Gasteiger partial charge in [-0.1, -0.05) is 43.7 Å². The van der Waals surface area contributed by atoms with Crippen molar-refractivity contribution in [2.24, 2.45) is 5.92 Å². The second-order valence-corrected chi connectivity index (χ2v) is 11.8. The van der Waals surface area contributed by atoms with Crippen molar-refractivity contribution in [2.45, 2.75) is 51.0 Å². The third kappa shape index (κ3) is 5.95. The van der Waals surface area contributed by atoms with Gasteiger partial charge in [-0.2, -0.15) is 0 Å². The Labute approximate surface area is 219 Å². The van der Waals surface area contributed by atoms with E-state index in [0.29, 0.717) is 39.9 Å². The molecular formula is C23H28BrClFN3O3S2. The molecule has 2 aromatic rings. The highest BCUT2D eigenvalue weighted by Gasteiger charge is 2.35. The molecule has 1 aromatic carbocycles. The number of hydrogen-bond donors (Lipinski definition) is 2. The molecule has 4 rings (SSSR count). The highest BCUT2D eigenvalue weighted by molar-refractivity contribution is 9.10. The highest BCUT2D eigenvalue weighted by Crippen LogP contribution is 2.42. The number of nitrogens with zero attached hydrogens (tertiary/aromatic N) is 2. The van der Waals surface area contributed by atoms with Crippen molar-refractivity contribution in [3.63, 3.8) is 0 Å². The molecule has 2 heterocycles. The van der Waals surface area contributed by atoms with Crippen LogP contribution >= 0.6 is 38.9 Å². The maximum absolute atomic E-state index is 13.5. The summed E-state index contributed by atoms with van der Waals surface area (Å²) < 4.78 is 38.0. The minimum Gasteiger partial charge on any atom is -0.369 e. The first-order chi connectivity index (χ1) is 16.3. The van der Waals surface area contributed by atoms with E-state index in [1.807, 2.05) is 0 Å². The minimum atomic E-state index is -2.41. The molecule has 2 aliphatic rings. The Balaban J connectivity index is 1.47. The van der Waals surface area contributed by atoms with E-state index >= 15 is 0 Å². The van der Waals surface area contributed by atoms with Gasteiger partial charge in [0.1, 0.15) is 16.9 Å². The maximum Gasteiger partial charge on any atom is 0.263 e. The van der Waals surface area contributed by atoms with E-state index < -0.39 is 17.3 Å². The average Bonchev–Trinajstić information content (AvgIpc) is 3.36. The van der Waals surface area contributed by atoms with Crippen LogP contribution in [-0.4, -0.2) is 40.3 Å². The second-order valence-electron chi connectivity index (χ2n) is 8.82. The number of halogens is 3. The molecule has 2 unspecified atom stereocenters. The number of fused-ring (bicyclic) bond motifs is 1. The van der Waals surface area contributed by atoms with Crippen LogP contribution in [0.5, 0.6) is 0 Å². The quantitative estimate of drug-likeness (QED) is 0.363. The molecule has 6 nitrogen and oxygen atoms in total. The second kappa shape index (κ2) is 11.7. The molecule has 0 radical (unpaired) electrons. The molecule has 0 bridgehead atoms. The van der Waals surface area contributed by atoms with Gasteiger partial charge in [0.15, 0.2) is 0 Å². The van der Waals surface area contributed by atoms with Crippen molar-refractivity contribution >= 4 is 66.7 Å². The summed E-state index contributed by atoms with van der Waals surface area (Å²) >= 11 is 8.58. The summed E-state index contributed by atoms with van der Waals surface area (Å²) in [6.45, 7) is 1.73. The number of rotatable bonds is 9. The molecule has 1 aliphatic carbocycles. The largest absolute Gasteiger partial charge is 0.369 e. The van der Waals surface area contributed by atoms with Crippen LogP contribution in [-0.2, 0) is 22.5 Å². The lowest BCUT2D eigenvalue weighted by Gasteiger charge is -2.32. The first-order valence-corrected chi connectivity index (χ1v) is 14.6. The van der Waals surface area contributed by atoms with Crippen LogP contribution in [0, 0.1) is 11.7 Å². The summed E-state index contributed by atoms with van der Waals surface area (Å²) in [6.07, 6.45) is 6.71. The Hall–Kier alpha value is -1.20. The van der Waals surface area contributed by atoms with Crippen molar-refractivity contribution in [1.82, 2.24) is 5.32 Å². The summed E-state index contributed by atoms with van der Waals surface area (Å²) in [4.78, 5) is 15.5. The van der Waals surface area contributed by atoms with Gasteiger partial charge in [-0.05, 0) is 58.5 Å². The molecule has 1 aliphatic heterocycles. The van der Waals surface area contributed by atoms with Gasteiger partial charge in [-0.25, -0.2) is 12.9 Å². The zero-order chi connectivity index (χ0) is 24.2. The molecule has 2 N–H and O–H groups in total. The number of carbonyl (C=O) groups excluding carboxylic acids is 1. The fourth-order valence-corrected chi connectivity index (χ4v) is 7.66. The number of carbonyl (C=O) groups is 1. The summed E-state index contributed by atoms with van der Waals surface area (Å²) in [6, 6.07) is 3.98. The predicted octanol–water partition coefficient (Wildman–Crippen LogP) is 5.76. The van der Waals surface area contributed by atoms with Crippen molar-refractivity contribution in [2.75, 3.05) is 28.8 Å². The fourth-order valence-electron chi connectivity index (χ4n) is 4.93. The van der Waals surface area contributed by atoms with E-state index in [2.05, 4.69) is 26.1 Å². The Morgan fingerprint density at radius 1 is 1.38 bits per heavy atom. The lowest BCUT2D eigenvalue weighted by molar-refractivity contribution is -0.122. The van der Waals surface area contributed by atoms with E-state index in [1.165, 1.54) is 28.1 Å². The Bertz CT molecular complexity index is 1050. The molecule has 11 heteroatoms. The van der Waals surface area contributed by atoms with Crippen molar-refractivity contribution < 1.29 is 17.9 Å². The molecule has 1 saturated carbocycles. The van der Waals surface area contributed by atoms with Crippen molar-refractivity contribution in [3.8, 4) is 0 Å². The lowest BCUT2D eigenvalue weighted by Crippen LogP contribution is -2.50. The Kier molecular flexibility index (Phi) is 8.90. The van der Waals surface area contributed by atoms with Gasteiger partial charge >= 0.3 is 0 Å². The van der Waals surface area contributed by atoms with Gasteiger partial charge < -0.3 is 10.2 Å². The zero-order valence-electron chi connectivity index (χ0n) is 18.6. The highest BCUT2D eigenvalue weighted by atomic mass is 79.9. The third-order valence-electron chi connectivity index (χ3n) is 6.62. The molecule has 1 fully saturated rings. The summed E-state index contributed by atoms with van der Waals surface area (Å²) in [5, 5.41) is 5.46. The van der Waals surface area contributed by atoms with Crippen LogP contribution in [0.3, 0.4) is 0 Å². The van der Waals surface area contributed by atoms with E-state index in [1.54, 1.807) is 17.5 Å². The average molecular weight is 593 g/mol. The number of nitrogens with one attached hydrogen (secondary N) is 1. The first-order valence-electron chi connectivity index (χ1n) is 11.5. The third-order valence-corrected chi connectivity index (χ3v) is 10.1. The SMILES string of the molecule is O=C(NCCN1CCc2cc(F)ccc21)C(CC1CCCCC1)N(c1scc(Br)c1Cl)S(=O)O. The van der Waals surface area contributed by atoms with Crippen molar-refractivity contribution in [3.05, 3.63) is 44.5 Å². The lowest BCUT2D eigenvalue weighted by atomic mass is 9.84. The van der Waals surface area contributed by atoms with Crippen LogP contribution in [0.1, 0.15) is 44.1 Å². The van der Waals surface area contributed by atoms with Gasteiger partial charge in [0, 0.05) is 35.2 Å². The van der Waals surface area contributed by atoms with Crippen molar-refractivity contribution in [1.29, 1.82) is 0 Å². The molecule has 0 spiro atoms. The zero-order valence-corrected chi connectivity index (χ0v) is 22.6. The molecule has 2 atom stereocenters. The number of benzene rings is 1. The van der Waals surface area contributed by atoms with E-state index in [-0.39, 0.29) is 11.7 Å². The fraction of sp³-hybridized carbons (Fsp3) is 0.522. The number of anilines is 2. The van der Waals surface area contributed by atoms with Crippen LogP contribution in [0.2, 0.25) is 5.02 Å². The number of hydrogen-bond acceptors (Lipinski definition) is 4. The van der Waals surface area contributed by atoms with Crippen LogP contribution in [0.15, 0.2) is 28.1 Å². The van der Waals surface area contributed by atoms with E-state index in [0.717, 1.165) is 49.9 Å². The number of amides is 1. The molecule has 1 amide bonds. The van der Waals surface area contributed by atoms with Crippen LogP contribution in [0.4, 0.5) is 15.1 Å². The molecule has 1 aromatic heterocycles. The van der Waals surface area contributed by atoms with Gasteiger partial charge in [0.25, 0.3) is 11.3 Å². The van der Waals surface area contributed by atoms with Gasteiger partial charge in [0.05, 0.1) is 5.02 Å². The van der Waals surface area contributed by atoms with Gasteiger partial charge in [0.2, 0.25) is 5.91 Å². The summed E-state index contributed by atoms with van der Waals surface area (Å²) in [5.41, 5.74) is 1.96. The number of thiophene rings is 1. The molecule has 34 heavy (non-hydrogen) atoms.